The fraction of sp³-hybridized carbons (Fsp3) is 0.292. The molecule has 3 aromatic rings. The second-order valence-electron chi connectivity index (χ2n) is 7.55. The Kier molecular flexibility index (Phi) is 7.14. The van der Waals surface area contributed by atoms with Gasteiger partial charge in [0.1, 0.15) is 0 Å². The Hall–Kier alpha value is -3.81. The summed E-state index contributed by atoms with van der Waals surface area (Å²) in [7, 11) is 1.50. The number of benzene rings is 2. The number of aromatic nitrogens is 2. The Labute approximate surface area is 187 Å². The van der Waals surface area contributed by atoms with Crippen LogP contribution in [0.15, 0.2) is 48.7 Å². The molecule has 2 N–H and O–H groups in total. The molecule has 0 atom stereocenters. The van der Waals surface area contributed by atoms with Gasteiger partial charge in [-0.15, -0.1) is 0 Å². The van der Waals surface area contributed by atoms with Crippen molar-refractivity contribution in [3.63, 3.8) is 0 Å². The van der Waals surface area contributed by atoms with Crippen LogP contribution in [-0.2, 0) is 6.42 Å². The molecule has 0 unspecified atom stereocenters. The van der Waals surface area contributed by atoms with Crippen LogP contribution in [0.4, 0.5) is 0 Å². The van der Waals surface area contributed by atoms with E-state index in [4.69, 9.17) is 9.47 Å². The smallest absolute Gasteiger partial charge is 0.273 e. The Morgan fingerprint density at radius 2 is 1.72 bits per heavy atom. The molecule has 1 aromatic heterocycles. The van der Waals surface area contributed by atoms with Crippen molar-refractivity contribution in [2.24, 2.45) is 0 Å². The van der Waals surface area contributed by atoms with Crippen LogP contribution in [0.5, 0.6) is 11.5 Å². The van der Waals surface area contributed by atoms with Gasteiger partial charge < -0.3 is 9.47 Å². The SMILES string of the molecule is CCc1c(C(=O)NNC(=O)c2ccc(OC(C)C)c(OC)c2)cnn1-c1ccc(C)cc1. The van der Waals surface area contributed by atoms with Crippen molar-refractivity contribution in [1.82, 2.24) is 20.6 Å². The predicted molar refractivity (Wildman–Crippen MR) is 121 cm³/mol. The number of nitrogens with zero attached hydrogens (tertiary/aromatic N) is 2. The van der Waals surface area contributed by atoms with Gasteiger partial charge in [0, 0.05) is 5.56 Å². The van der Waals surface area contributed by atoms with Gasteiger partial charge in [0.15, 0.2) is 11.5 Å². The lowest BCUT2D eigenvalue weighted by Crippen LogP contribution is -2.41. The van der Waals surface area contributed by atoms with Crippen molar-refractivity contribution in [3.05, 3.63) is 71.0 Å². The summed E-state index contributed by atoms with van der Waals surface area (Å²) in [6.07, 6.45) is 2.07. The molecule has 0 aliphatic carbocycles. The van der Waals surface area contributed by atoms with Crippen molar-refractivity contribution in [2.75, 3.05) is 7.11 Å². The third-order valence-electron chi connectivity index (χ3n) is 4.80. The van der Waals surface area contributed by atoms with Crippen molar-refractivity contribution in [1.29, 1.82) is 0 Å². The highest BCUT2D eigenvalue weighted by atomic mass is 16.5. The number of amides is 2. The number of hydrogen-bond acceptors (Lipinski definition) is 5. The highest BCUT2D eigenvalue weighted by Gasteiger charge is 2.18. The van der Waals surface area contributed by atoms with Crippen molar-refractivity contribution in [3.8, 4) is 17.2 Å². The van der Waals surface area contributed by atoms with E-state index >= 15 is 0 Å². The Balaban J connectivity index is 1.72. The number of methoxy groups -OCH3 is 1. The van der Waals surface area contributed by atoms with Gasteiger partial charge in [0.25, 0.3) is 11.8 Å². The maximum Gasteiger partial charge on any atom is 0.273 e. The second-order valence-corrected chi connectivity index (χ2v) is 7.55. The largest absolute Gasteiger partial charge is 0.493 e. The Morgan fingerprint density at radius 1 is 1.03 bits per heavy atom. The lowest BCUT2D eigenvalue weighted by Gasteiger charge is -2.14. The minimum Gasteiger partial charge on any atom is -0.493 e. The molecule has 168 valence electrons. The average Bonchev–Trinajstić information content (AvgIpc) is 3.21. The number of rotatable bonds is 7. The molecule has 2 amide bonds. The van der Waals surface area contributed by atoms with Gasteiger partial charge in [0.05, 0.1) is 36.4 Å². The van der Waals surface area contributed by atoms with Gasteiger partial charge in [-0.25, -0.2) is 4.68 Å². The normalized spacial score (nSPS) is 10.7. The predicted octanol–water partition coefficient (Wildman–Crippen LogP) is 3.61. The summed E-state index contributed by atoms with van der Waals surface area (Å²) in [6, 6.07) is 12.7. The number of hydrogen-bond donors (Lipinski definition) is 2. The molecule has 32 heavy (non-hydrogen) atoms. The quantitative estimate of drug-likeness (QED) is 0.552. The molecule has 0 fully saturated rings. The van der Waals surface area contributed by atoms with Gasteiger partial charge in [-0.2, -0.15) is 5.10 Å². The van der Waals surface area contributed by atoms with Gasteiger partial charge in [-0.05, 0) is 57.5 Å². The number of carbonyl (C=O) groups excluding carboxylic acids is 2. The molecule has 3 rings (SSSR count). The fourth-order valence-electron chi connectivity index (χ4n) is 3.23. The van der Waals surface area contributed by atoms with Gasteiger partial charge in [0.2, 0.25) is 0 Å². The molecule has 0 aliphatic heterocycles. The standard InChI is InChI=1S/C24H28N4O4/c1-6-20-19(14-25-28(20)18-10-7-16(4)8-11-18)24(30)27-26-23(29)17-9-12-21(32-15(2)3)22(13-17)31-5/h7-15H,6H2,1-5H3,(H,26,29)(H,27,30). The molecular formula is C24H28N4O4. The minimum absolute atomic E-state index is 0.0311. The van der Waals surface area contributed by atoms with E-state index < -0.39 is 11.8 Å². The van der Waals surface area contributed by atoms with Crippen LogP contribution >= 0.6 is 0 Å². The first kappa shape index (κ1) is 22.9. The van der Waals surface area contributed by atoms with Crippen LogP contribution in [0.25, 0.3) is 5.69 Å². The molecular weight excluding hydrogens is 408 g/mol. The second kappa shape index (κ2) is 10.00. The number of ether oxygens (including phenoxy) is 2. The molecule has 8 heteroatoms. The first-order valence-corrected chi connectivity index (χ1v) is 10.4. The van der Waals surface area contributed by atoms with Crippen molar-refractivity contribution >= 4 is 11.8 Å². The molecule has 2 aromatic carbocycles. The molecule has 0 radical (unpaired) electrons. The number of hydrazine groups is 1. The Bertz CT molecular complexity index is 1100. The molecule has 1 heterocycles. The zero-order chi connectivity index (χ0) is 23.3. The molecule has 0 saturated heterocycles. The van der Waals surface area contributed by atoms with E-state index in [-0.39, 0.29) is 6.10 Å². The van der Waals surface area contributed by atoms with Crippen LogP contribution in [0.2, 0.25) is 0 Å². The Morgan fingerprint density at radius 3 is 2.34 bits per heavy atom. The zero-order valence-electron chi connectivity index (χ0n) is 18.9. The summed E-state index contributed by atoms with van der Waals surface area (Å²) in [5.41, 5.74) is 8.38. The van der Waals surface area contributed by atoms with E-state index in [1.807, 2.05) is 52.0 Å². The third-order valence-corrected chi connectivity index (χ3v) is 4.80. The zero-order valence-corrected chi connectivity index (χ0v) is 18.9. The number of carbonyl (C=O) groups is 2. The van der Waals surface area contributed by atoms with Gasteiger partial charge >= 0.3 is 0 Å². The topological polar surface area (TPSA) is 94.5 Å². The third kappa shape index (κ3) is 5.08. The number of nitrogens with one attached hydrogen (secondary N) is 2. The first-order chi connectivity index (χ1) is 15.3. The van der Waals surface area contributed by atoms with Gasteiger partial charge in [-0.1, -0.05) is 24.6 Å². The summed E-state index contributed by atoms with van der Waals surface area (Å²) in [6.45, 7) is 7.77. The van der Waals surface area contributed by atoms with Crippen LogP contribution in [-0.4, -0.2) is 34.8 Å². The van der Waals surface area contributed by atoms with E-state index in [2.05, 4.69) is 16.0 Å². The fourth-order valence-corrected chi connectivity index (χ4v) is 3.23. The molecule has 0 spiro atoms. The molecule has 8 nitrogen and oxygen atoms in total. The lowest BCUT2D eigenvalue weighted by molar-refractivity contribution is 0.0846. The maximum atomic E-state index is 12.7. The molecule has 0 saturated carbocycles. The van der Waals surface area contributed by atoms with E-state index in [1.165, 1.54) is 13.3 Å². The van der Waals surface area contributed by atoms with Crippen LogP contribution in [0.1, 0.15) is 52.7 Å². The molecule has 0 bridgehead atoms. The number of aryl methyl sites for hydroxylation is 1. The minimum atomic E-state index is -0.475. The lowest BCUT2D eigenvalue weighted by atomic mass is 10.1. The van der Waals surface area contributed by atoms with Crippen molar-refractivity contribution in [2.45, 2.75) is 40.2 Å². The summed E-state index contributed by atoms with van der Waals surface area (Å²) >= 11 is 0. The van der Waals surface area contributed by atoms with E-state index in [0.29, 0.717) is 29.0 Å². The summed E-state index contributed by atoms with van der Waals surface area (Å²) in [5.74, 6) is 0.0570. The van der Waals surface area contributed by atoms with Crippen molar-refractivity contribution < 1.29 is 19.1 Å². The highest BCUT2D eigenvalue weighted by Crippen LogP contribution is 2.29. The van der Waals surface area contributed by atoms with Crippen LogP contribution < -0.4 is 20.3 Å². The summed E-state index contributed by atoms with van der Waals surface area (Å²) in [5, 5.41) is 4.36. The maximum absolute atomic E-state index is 12.7. The van der Waals surface area contributed by atoms with E-state index in [0.717, 1.165) is 16.9 Å². The summed E-state index contributed by atoms with van der Waals surface area (Å²) in [4.78, 5) is 25.3. The highest BCUT2D eigenvalue weighted by molar-refractivity contribution is 5.99. The van der Waals surface area contributed by atoms with E-state index in [9.17, 15) is 9.59 Å². The van der Waals surface area contributed by atoms with Crippen LogP contribution in [0.3, 0.4) is 0 Å². The van der Waals surface area contributed by atoms with Gasteiger partial charge in [-0.3, -0.25) is 20.4 Å². The average molecular weight is 437 g/mol. The monoisotopic (exact) mass is 436 g/mol. The van der Waals surface area contributed by atoms with E-state index in [1.54, 1.807) is 22.9 Å². The first-order valence-electron chi connectivity index (χ1n) is 10.4. The summed E-state index contributed by atoms with van der Waals surface area (Å²) < 4.78 is 12.7. The van der Waals surface area contributed by atoms with Crippen LogP contribution in [0, 0.1) is 6.92 Å². The molecule has 0 aliphatic rings.